The minimum atomic E-state index is -0.611. The second-order valence-electron chi connectivity index (χ2n) is 1.68. The number of amides is 1. The molecule has 0 atom stereocenters. The molecule has 0 spiro atoms. The van der Waals surface area contributed by atoms with Gasteiger partial charge in [-0.05, 0) is 12.1 Å². The first-order chi connectivity index (χ1) is 6.86. The molecule has 0 aliphatic carbocycles. The quantitative estimate of drug-likeness (QED) is 0.631. The summed E-state index contributed by atoms with van der Waals surface area (Å²) in [6.45, 7) is 1.15. The highest BCUT2D eigenvalue weighted by Gasteiger charge is 1.90. The maximum atomic E-state index is 10.9. The van der Waals surface area contributed by atoms with Crippen LogP contribution in [0.2, 0.25) is 1.41 Å². The van der Waals surface area contributed by atoms with Gasteiger partial charge in [0.25, 0.3) is 0 Å². The molecule has 0 radical (unpaired) electrons. The molecular weight excluding hydrogens is 126 g/mol. The predicted octanol–water partition coefficient (Wildman–Crippen LogP) is 1.65. The minimum absolute atomic E-state index is 0.145. The topological polar surface area (TPSA) is 29.1 Å². The predicted molar refractivity (Wildman–Crippen MR) is 40.7 cm³/mol. The molecule has 1 N–H and O–H groups in total. The fourth-order valence-electron chi connectivity index (χ4n) is 0.502. The minimum Gasteiger partial charge on any atom is -0.326 e. The SMILES string of the molecule is [2H]c1cc(N([2H])C(C)=O)c([2H])c([2H])c1[2H]. The largest absolute Gasteiger partial charge is 0.326 e. The summed E-state index contributed by atoms with van der Waals surface area (Å²) in [5, 5.41) is 0.442. The summed E-state index contributed by atoms with van der Waals surface area (Å²) in [6, 6.07) is -0.417. The lowest BCUT2D eigenvalue weighted by Gasteiger charge is -1.98. The maximum Gasteiger partial charge on any atom is 0.221 e. The molecule has 0 fully saturated rings. The van der Waals surface area contributed by atoms with E-state index < -0.39 is 11.9 Å². The van der Waals surface area contributed by atoms with E-state index in [-0.39, 0.29) is 23.8 Å². The van der Waals surface area contributed by atoms with Gasteiger partial charge in [-0.15, -0.1) is 0 Å². The standard InChI is InChI=1S/C8H9NO/c1-7(10)9-8-5-3-2-4-6-8/h2-6H,1H3,(H,9,10)/i2D,3D,4D,5D/hD. The van der Waals surface area contributed by atoms with Gasteiger partial charge in [0, 0.05) is 12.6 Å². The molecular formula is C8H9NO. The van der Waals surface area contributed by atoms with E-state index in [0.717, 1.165) is 13.0 Å². The third-order valence-electron chi connectivity index (χ3n) is 0.812. The van der Waals surface area contributed by atoms with Crippen LogP contribution in [0.15, 0.2) is 30.2 Å². The van der Waals surface area contributed by atoms with Crippen LogP contribution >= 0.6 is 0 Å². The fourth-order valence-corrected chi connectivity index (χ4v) is 0.502. The summed E-state index contributed by atoms with van der Waals surface area (Å²) in [5.41, 5.74) is -0.145. The van der Waals surface area contributed by atoms with Crippen molar-refractivity contribution in [3.63, 3.8) is 0 Å². The smallest absolute Gasteiger partial charge is 0.221 e. The van der Waals surface area contributed by atoms with E-state index in [1.165, 1.54) is 0 Å². The molecule has 0 heterocycles. The zero-order chi connectivity index (χ0) is 11.7. The van der Waals surface area contributed by atoms with E-state index in [4.69, 9.17) is 6.89 Å². The third-order valence-corrected chi connectivity index (χ3v) is 0.812. The van der Waals surface area contributed by atoms with Gasteiger partial charge in [0.1, 0.15) is 0 Å². The Hall–Kier alpha value is -1.31. The second-order valence-corrected chi connectivity index (χ2v) is 1.68. The summed E-state index contributed by atoms with van der Waals surface area (Å²) in [4.78, 5) is 10.9. The van der Waals surface area contributed by atoms with Crippen molar-refractivity contribution in [1.29, 1.82) is 0 Å². The van der Waals surface area contributed by atoms with Crippen LogP contribution in [-0.4, -0.2) is 5.91 Å². The molecule has 1 amide bonds. The van der Waals surface area contributed by atoms with Crippen molar-refractivity contribution in [2.45, 2.75) is 6.92 Å². The van der Waals surface area contributed by atoms with Crippen molar-refractivity contribution in [3.05, 3.63) is 30.2 Å². The van der Waals surface area contributed by atoms with Crippen molar-refractivity contribution in [2.24, 2.45) is 0 Å². The zero-order valence-electron chi connectivity index (χ0n) is 10.4. The molecule has 10 heavy (non-hydrogen) atoms. The fraction of sp³-hybridized carbons (Fsp3) is 0.125. The van der Waals surface area contributed by atoms with Crippen molar-refractivity contribution in [3.8, 4) is 0 Å². The lowest BCUT2D eigenvalue weighted by Crippen LogP contribution is -2.04. The summed E-state index contributed by atoms with van der Waals surface area (Å²) in [5.74, 6) is -0.611. The van der Waals surface area contributed by atoms with E-state index >= 15 is 0 Å². The zero-order valence-corrected chi connectivity index (χ0v) is 5.43. The van der Waals surface area contributed by atoms with Crippen molar-refractivity contribution < 1.29 is 11.7 Å². The Morgan fingerprint density at radius 1 is 1.70 bits per heavy atom. The first-order valence-electron chi connectivity index (χ1n) is 5.18. The van der Waals surface area contributed by atoms with Crippen LogP contribution in [0.25, 0.3) is 0 Å². The maximum absolute atomic E-state index is 10.9. The van der Waals surface area contributed by atoms with Gasteiger partial charge in [0.15, 0.2) is 1.41 Å². The van der Waals surface area contributed by atoms with Gasteiger partial charge in [-0.2, -0.15) is 0 Å². The molecule has 0 unspecified atom stereocenters. The summed E-state index contributed by atoms with van der Waals surface area (Å²) < 4.78 is 36.7. The number of rotatable bonds is 1. The molecule has 0 aliphatic rings. The summed E-state index contributed by atoms with van der Waals surface area (Å²) in [7, 11) is 0. The second kappa shape index (κ2) is 3.01. The van der Waals surface area contributed by atoms with Gasteiger partial charge in [-0.3, -0.25) is 4.79 Å². The van der Waals surface area contributed by atoms with Gasteiger partial charge in [-0.1, -0.05) is 18.1 Å². The van der Waals surface area contributed by atoms with Crippen LogP contribution in [0.3, 0.4) is 0 Å². The van der Waals surface area contributed by atoms with Gasteiger partial charge in [0.2, 0.25) is 5.91 Å². The molecule has 2 nitrogen and oxygen atoms in total. The summed E-state index contributed by atoms with van der Waals surface area (Å²) in [6.07, 6.45) is 0. The Kier molecular flexibility index (Phi) is 0.826. The number of nitrogens with one attached hydrogen (secondary N) is 1. The van der Waals surface area contributed by atoms with Gasteiger partial charge in [0.05, 0.1) is 5.48 Å². The Labute approximate surface area is 67.0 Å². The monoisotopic (exact) mass is 140 g/mol. The molecule has 0 aliphatic heterocycles. The molecule has 1 rings (SSSR count). The lowest BCUT2D eigenvalue weighted by molar-refractivity contribution is -0.114. The van der Waals surface area contributed by atoms with E-state index in [1.807, 2.05) is 0 Å². The highest BCUT2D eigenvalue weighted by atomic mass is 16.1. The molecule has 0 saturated heterocycles. The number of hydrogen-bond donors (Lipinski definition) is 1. The molecule has 0 bridgehead atoms. The molecule has 52 valence electrons. The van der Waals surface area contributed by atoms with Crippen LogP contribution in [-0.2, 0) is 4.79 Å². The number of hydrogen-bond acceptors (Lipinski definition) is 1. The van der Waals surface area contributed by atoms with Crippen LogP contribution in [0.4, 0.5) is 5.69 Å². The van der Waals surface area contributed by atoms with E-state index in [2.05, 4.69) is 0 Å². The molecule has 2 heteroatoms. The Morgan fingerprint density at radius 3 is 3.20 bits per heavy atom. The Bertz CT molecular complexity index is 420. The van der Waals surface area contributed by atoms with Crippen molar-refractivity contribution in [1.82, 2.24) is 0 Å². The van der Waals surface area contributed by atoms with E-state index in [9.17, 15) is 4.79 Å². The van der Waals surface area contributed by atoms with E-state index in [0.29, 0.717) is 5.31 Å². The van der Waals surface area contributed by atoms with Crippen molar-refractivity contribution >= 4 is 11.6 Å². The highest BCUT2D eigenvalue weighted by molar-refractivity contribution is 5.88. The Balaban J connectivity index is 3.38. The van der Waals surface area contributed by atoms with Crippen molar-refractivity contribution in [2.75, 3.05) is 5.31 Å². The molecule has 1 aromatic carbocycles. The van der Waals surface area contributed by atoms with Gasteiger partial charge in [-0.25, -0.2) is 0 Å². The third kappa shape index (κ3) is 1.90. The normalized spacial score (nSPS) is 15.9. The van der Waals surface area contributed by atoms with Gasteiger partial charge >= 0.3 is 0 Å². The number of carbonyl (C=O) groups excluding carboxylic acids is 1. The average molecular weight is 140 g/mol. The highest BCUT2D eigenvalue weighted by Crippen LogP contribution is 2.03. The first kappa shape index (κ1) is 2.74. The number of anilines is 1. The number of para-hydroxylation sites is 1. The van der Waals surface area contributed by atoms with Crippen LogP contribution in [0.1, 0.15) is 12.4 Å². The Morgan fingerprint density at radius 2 is 2.50 bits per heavy atom. The molecule has 1 aromatic rings. The average Bonchev–Trinajstić information content (AvgIpc) is 2.19. The molecule has 0 saturated carbocycles. The van der Waals surface area contributed by atoms with E-state index in [1.54, 1.807) is 0 Å². The first-order valence-corrected chi connectivity index (χ1v) is 2.73. The summed E-state index contributed by atoms with van der Waals surface area (Å²) >= 11 is 0. The van der Waals surface area contributed by atoms with Crippen LogP contribution in [0, 0.1) is 0 Å². The van der Waals surface area contributed by atoms with Crippen LogP contribution < -0.4 is 5.31 Å². The number of carbonyl (C=O) groups is 1. The van der Waals surface area contributed by atoms with Crippen LogP contribution in [0.5, 0.6) is 0 Å². The van der Waals surface area contributed by atoms with Gasteiger partial charge < -0.3 is 5.31 Å². The lowest BCUT2D eigenvalue weighted by atomic mass is 10.3. The molecule has 0 aromatic heterocycles. The number of benzene rings is 1.